The van der Waals surface area contributed by atoms with Crippen LogP contribution in [0.15, 0.2) is 0 Å². The first-order chi connectivity index (χ1) is 7.85. The van der Waals surface area contributed by atoms with Gasteiger partial charge in [-0.1, -0.05) is 25.7 Å². The highest BCUT2D eigenvalue weighted by Crippen LogP contribution is 2.69. The standard InChI is InChI=1S/C16H26/c1-2-8-15(7-1)11-5-14-13(15)6-12-16(14)9-3-4-10-16/h13-14H,1-12H2. The Bertz CT molecular complexity index is 248. The zero-order valence-electron chi connectivity index (χ0n) is 10.6. The molecule has 0 heterocycles. The van der Waals surface area contributed by atoms with E-state index in [1.165, 1.54) is 11.8 Å². The van der Waals surface area contributed by atoms with Gasteiger partial charge in [-0.15, -0.1) is 0 Å². The molecule has 4 aliphatic carbocycles. The lowest BCUT2D eigenvalue weighted by atomic mass is 9.71. The van der Waals surface area contributed by atoms with Gasteiger partial charge in [-0.25, -0.2) is 0 Å². The molecule has 0 aromatic carbocycles. The second-order valence-corrected chi connectivity index (χ2v) is 7.43. The largest absolute Gasteiger partial charge is 0.0527 e. The molecule has 4 saturated carbocycles. The van der Waals surface area contributed by atoms with E-state index in [2.05, 4.69) is 0 Å². The minimum absolute atomic E-state index is 0.872. The van der Waals surface area contributed by atoms with Gasteiger partial charge in [0.2, 0.25) is 0 Å². The second kappa shape index (κ2) is 3.27. The first kappa shape index (κ1) is 9.97. The molecule has 0 nitrogen and oxygen atoms in total. The van der Waals surface area contributed by atoms with Crippen LogP contribution in [0, 0.1) is 22.7 Å². The van der Waals surface area contributed by atoms with E-state index in [1.54, 1.807) is 77.0 Å². The van der Waals surface area contributed by atoms with Crippen LogP contribution in [0.2, 0.25) is 0 Å². The van der Waals surface area contributed by atoms with E-state index in [4.69, 9.17) is 0 Å². The molecule has 4 rings (SSSR count). The first-order valence-corrected chi connectivity index (χ1v) is 7.85. The zero-order chi connectivity index (χ0) is 10.6. The van der Waals surface area contributed by atoms with Crippen LogP contribution in [0.25, 0.3) is 0 Å². The maximum Gasteiger partial charge on any atom is -0.0266 e. The molecule has 4 aliphatic rings. The third kappa shape index (κ3) is 1.12. The van der Waals surface area contributed by atoms with E-state index in [0.29, 0.717) is 0 Å². The summed E-state index contributed by atoms with van der Waals surface area (Å²) in [6.07, 6.45) is 19.1. The fraction of sp³-hybridized carbons (Fsp3) is 1.00. The normalized spacial score (nSPS) is 43.5. The smallest absolute Gasteiger partial charge is 0.0266 e. The molecule has 2 spiro atoms. The van der Waals surface area contributed by atoms with E-state index >= 15 is 0 Å². The summed E-state index contributed by atoms with van der Waals surface area (Å²) in [5.74, 6) is 2.35. The highest BCUT2D eigenvalue weighted by Gasteiger charge is 2.59. The minimum atomic E-state index is 0.872. The van der Waals surface area contributed by atoms with Crippen LogP contribution >= 0.6 is 0 Å². The van der Waals surface area contributed by atoms with Gasteiger partial charge in [0, 0.05) is 0 Å². The second-order valence-electron chi connectivity index (χ2n) is 7.43. The van der Waals surface area contributed by atoms with Crippen molar-refractivity contribution in [2.45, 2.75) is 77.0 Å². The maximum absolute atomic E-state index is 1.62. The molecule has 0 radical (unpaired) electrons. The molecule has 90 valence electrons. The molecule has 0 saturated heterocycles. The Kier molecular flexibility index (Phi) is 2.04. The lowest BCUT2D eigenvalue weighted by Crippen LogP contribution is -2.26. The van der Waals surface area contributed by atoms with Crippen LogP contribution in [0.5, 0.6) is 0 Å². The quantitative estimate of drug-likeness (QED) is 0.541. The average molecular weight is 218 g/mol. The van der Waals surface area contributed by atoms with Crippen molar-refractivity contribution in [2.75, 3.05) is 0 Å². The summed E-state index contributed by atoms with van der Waals surface area (Å²) in [6.45, 7) is 0. The molecule has 0 amide bonds. The summed E-state index contributed by atoms with van der Waals surface area (Å²) in [6, 6.07) is 0. The Balaban J connectivity index is 1.64. The van der Waals surface area contributed by atoms with Gasteiger partial charge in [0.15, 0.2) is 0 Å². The molecule has 2 unspecified atom stereocenters. The highest BCUT2D eigenvalue weighted by molar-refractivity contribution is 5.09. The van der Waals surface area contributed by atoms with E-state index in [9.17, 15) is 0 Å². The Morgan fingerprint density at radius 2 is 0.875 bits per heavy atom. The summed E-state index contributed by atoms with van der Waals surface area (Å²) in [5.41, 5.74) is 1.74. The van der Waals surface area contributed by atoms with Crippen LogP contribution in [0.1, 0.15) is 77.0 Å². The van der Waals surface area contributed by atoms with Crippen LogP contribution in [0.3, 0.4) is 0 Å². The molecule has 16 heavy (non-hydrogen) atoms. The Hall–Kier alpha value is 0. The summed E-state index contributed by atoms with van der Waals surface area (Å²) in [4.78, 5) is 0. The molecule has 0 aromatic rings. The summed E-state index contributed by atoms with van der Waals surface area (Å²) in [7, 11) is 0. The fourth-order valence-corrected chi connectivity index (χ4v) is 6.52. The van der Waals surface area contributed by atoms with Crippen LogP contribution in [-0.2, 0) is 0 Å². The first-order valence-electron chi connectivity index (χ1n) is 7.85. The predicted molar refractivity (Wildman–Crippen MR) is 67.3 cm³/mol. The monoisotopic (exact) mass is 218 g/mol. The van der Waals surface area contributed by atoms with Gasteiger partial charge in [0.25, 0.3) is 0 Å². The van der Waals surface area contributed by atoms with E-state index < -0.39 is 0 Å². The van der Waals surface area contributed by atoms with Gasteiger partial charge >= 0.3 is 0 Å². The van der Waals surface area contributed by atoms with Crippen LogP contribution in [-0.4, -0.2) is 0 Å². The van der Waals surface area contributed by atoms with Gasteiger partial charge in [-0.3, -0.25) is 0 Å². The Labute approximate surface area is 100 Å². The third-order valence-electron chi connectivity index (χ3n) is 7.16. The van der Waals surface area contributed by atoms with E-state index in [0.717, 1.165) is 10.8 Å². The van der Waals surface area contributed by atoms with Crippen LogP contribution < -0.4 is 0 Å². The van der Waals surface area contributed by atoms with Gasteiger partial charge in [-0.05, 0) is 74.0 Å². The van der Waals surface area contributed by atoms with Gasteiger partial charge in [0.1, 0.15) is 0 Å². The molecular formula is C16H26. The average Bonchev–Trinajstić information content (AvgIpc) is 3.02. The van der Waals surface area contributed by atoms with Crippen molar-refractivity contribution >= 4 is 0 Å². The van der Waals surface area contributed by atoms with Crippen molar-refractivity contribution in [1.29, 1.82) is 0 Å². The molecule has 0 N–H and O–H groups in total. The lowest BCUT2D eigenvalue weighted by molar-refractivity contribution is 0.150. The molecule has 0 aliphatic heterocycles. The highest BCUT2D eigenvalue weighted by atomic mass is 14.6. The molecular weight excluding hydrogens is 192 g/mol. The third-order valence-corrected chi connectivity index (χ3v) is 7.16. The van der Waals surface area contributed by atoms with Crippen molar-refractivity contribution in [3.05, 3.63) is 0 Å². The summed E-state index contributed by atoms with van der Waals surface area (Å²) < 4.78 is 0. The molecule has 0 heteroatoms. The molecule has 0 bridgehead atoms. The van der Waals surface area contributed by atoms with Gasteiger partial charge in [-0.2, -0.15) is 0 Å². The lowest BCUT2D eigenvalue weighted by Gasteiger charge is -2.34. The van der Waals surface area contributed by atoms with Crippen molar-refractivity contribution in [3.8, 4) is 0 Å². The minimum Gasteiger partial charge on any atom is -0.0527 e. The number of hydrogen-bond acceptors (Lipinski definition) is 0. The van der Waals surface area contributed by atoms with Crippen LogP contribution in [0.4, 0.5) is 0 Å². The van der Waals surface area contributed by atoms with Crippen molar-refractivity contribution < 1.29 is 0 Å². The maximum atomic E-state index is 1.62. The van der Waals surface area contributed by atoms with Crippen molar-refractivity contribution in [2.24, 2.45) is 22.7 Å². The SMILES string of the molecule is C1CCC2(C1)CCC1C2CCC12CCCC2. The number of rotatable bonds is 0. The molecule has 4 fully saturated rings. The number of hydrogen-bond donors (Lipinski definition) is 0. The Morgan fingerprint density at radius 3 is 1.25 bits per heavy atom. The number of fused-ring (bicyclic) bond motifs is 3. The van der Waals surface area contributed by atoms with Crippen molar-refractivity contribution in [1.82, 2.24) is 0 Å². The Morgan fingerprint density at radius 1 is 0.500 bits per heavy atom. The van der Waals surface area contributed by atoms with Gasteiger partial charge in [0.05, 0.1) is 0 Å². The fourth-order valence-electron chi connectivity index (χ4n) is 6.52. The van der Waals surface area contributed by atoms with Crippen molar-refractivity contribution in [3.63, 3.8) is 0 Å². The molecule has 0 aromatic heterocycles. The molecule has 2 atom stereocenters. The van der Waals surface area contributed by atoms with Gasteiger partial charge < -0.3 is 0 Å². The summed E-state index contributed by atoms with van der Waals surface area (Å²) >= 11 is 0. The van der Waals surface area contributed by atoms with E-state index in [1.807, 2.05) is 0 Å². The summed E-state index contributed by atoms with van der Waals surface area (Å²) in [5, 5.41) is 0. The van der Waals surface area contributed by atoms with E-state index in [-0.39, 0.29) is 0 Å². The predicted octanol–water partition coefficient (Wildman–Crippen LogP) is 4.93. The topological polar surface area (TPSA) is 0 Å². The zero-order valence-corrected chi connectivity index (χ0v) is 10.6.